The molecule has 1 aliphatic heterocycles. The Hall–Kier alpha value is -1.14. The third-order valence-electron chi connectivity index (χ3n) is 2.68. The van der Waals surface area contributed by atoms with Crippen LogP contribution in [0.15, 0.2) is 0 Å². The van der Waals surface area contributed by atoms with Crippen LogP contribution < -0.4 is 0 Å². The molecule has 6 heteroatoms. The Labute approximate surface area is 94.4 Å². The first-order chi connectivity index (χ1) is 7.41. The number of carboxylic acids is 1. The fourth-order valence-corrected chi connectivity index (χ4v) is 2.00. The number of hydrogen-bond acceptors (Lipinski definition) is 4. The Kier molecular flexibility index (Phi) is 4.26. The highest BCUT2D eigenvalue weighted by Crippen LogP contribution is 2.10. The number of nitrogens with zero attached hydrogens (tertiary/aromatic N) is 2. The summed E-state index contributed by atoms with van der Waals surface area (Å²) in [5.74, 6) is -2.25. The molecule has 1 heterocycles. The van der Waals surface area contributed by atoms with Crippen LogP contribution in [0.3, 0.4) is 0 Å². The fourth-order valence-electron chi connectivity index (χ4n) is 2.00. The Bertz CT molecular complexity index is 280. The van der Waals surface area contributed by atoms with Crippen molar-refractivity contribution in [2.45, 2.75) is 26.0 Å². The van der Waals surface area contributed by atoms with Gasteiger partial charge in [0.15, 0.2) is 0 Å². The molecule has 0 aromatic rings. The van der Waals surface area contributed by atoms with E-state index >= 15 is 0 Å². The standard InChI is InChI=1S/C10H18N2O4/c1-7-5-11(6-8(2)13)3-4-12(7)9(14)10(15)16/h7-8,13H,3-6H2,1-2H3,(H,15,16). The minimum Gasteiger partial charge on any atom is -0.474 e. The predicted octanol–water partition coefficient (Wildman–Crippen LogP) is -1.02. The van der Waals surface area contributed by atoms with Crippen molar-refractivity contribution in [1.82, 2.24) is 9.80 Å². The second-order valence-electron chi connectivity index (χ2n) is 4.26. The lowest BCUT2D eigenvalue weighted by Crippen LogP contribution is -2.56. The lowest BCUT2D eigenvalue weighted by Gasteiger charge is -2.39. The number of aliphatic hydroxyl groups excluding tert-OH is 1. The number of hydrogen-bond donors (Lipinski definition) is 2. The molecule has 0 radical (unpaired) electrons. The zero-order valence-corrected chi connectivity index (χ0v) is 9.59. The van der Waals surface area contributed by atoms with Crippen LogP contribution in [0.4, 0.5) is 0 Å². The third-order valence-corrected chi connectivity index (χ3v) is 2.68. The molecule has 1 saturated heterocycles. The molecule has 0 bridgehead atoms. The molecule has 1 aliphatic rings. The maximum atomic E-state index is 11.3. The number of β-amino-alcohol motifs (C(OH)–C–C–N with tert-alkyl or cyclic N) is 1. The van der Waals surface area contributed by atoms with Gasteiger partial charge in [0.1, 0.15) is 0 Å². The van der Waals surface area contributed by atoms with E-state index in [1.54, 1.807) is 6.92 Å². The van der Waals surface area contributed by atoms with Crippen molar-refractivity contribution in [2.24, 2.45) is 0 Å². The van der Waals surface area contributed by atoms with Crippen molar-refractivity contribution in [3.05, 3.63) is 0 Å². The van der Waals surface area contributed by atoms with E-state index in [0.717, 1.165) is 0 Å². The van der Waals surface area contributed by atoms with Crippen molar-refractivity contribution in [3.63, 3.8) is 0 Å². The van der Waals surface area contributed by atoms with Gasteiger partial charge in [-0.05, 0) is 13.8 Å². The summed E-state index contributed by atoms with van der Waals surface area (Å²) in [6.45, 7) is 5.69. The minimum absolute atomic E-state index is 0.129. The third kappa shape index (κ3) is 3.18. The van der Waals surface area contributed by atoms with E-state index in [0.29, 0.717) is 26.2 Å². The monoisotopic (exact) mass is 230 g/mol. The van der Waals surface area contributed by atoms with Gasteiger partial charge in [0.2, 0.25) is 0 Å². The molecule has 1 fully saturated rings. The highest BCUT2D eigenvalue weighted by molar-refractivity contribution is 6.31. The maximum Gasteiger partial charge on any atom is 0.394 e. The molecular weight excluding hydrogens is 212 g/mol. The van der Waals surface area contributed by atoms with Gasteiger partial charge in [-0.2, -0.15) is 0 Å². The van der Waals surface area contributed by atoms with Crippen LogP contribution in [0.5, 0.6) is 0 Å². The van der Waals surface area contributed by atoms with Gasteiger partial charge in [0, 0.05) is 32.2 Å². The summed E-state index contributed by atoms with van der Waals surface area (Å²) >= 11 is 0. The summed E-state index contributed by atoms with van der Waals surface area (Å²) in [5.41, 5.74) is 0. The van der Waals surface area contributed by atoms with Gasteiger partial charge in [0.05, 0.1) is 6.10 Å². The van der Waals surface area contributed by atoms with Crippen LogP contribution in [-0.2, 0) is 9.59 Å². The van der Waals surface area contributed by atoms with Crippen LogP contribution in [0, 0.1) is 0 Å². The van der Waals surface area contributed by atoms with Crippen LogP contribution in [0.25, 0.3) is 0 Å². The molecule has 2 N–H and O–H groups in total. The van der Waals surface area contributed by atoms with Crippen molar-refractivity contribution in [2.75, 3.05) is 26.2 Å². The van der Waals surface area contributed by atoms with Crippen LogP contribution in [0.2, 0.25) is 0 Å². The first kappa shape index (κ1) is 12.9. The highest BCUT2D eigenvalue weighted by Gasteiger charge is 2.30. The largest absolute Gasteiger partial charge is 0.474 e. The van der Waals surface area contributed by atoms with Gasteiger partial charge in [-0.1, -0.05) is 0 Å². The molecule has 1 rings (SSSR count). The van der Waals surface area contributed by atoms with Crippen molar-refractivity contribution >= 4 is 11.9 Å². The summed E-state index contributed by atoms with van der Waals surface area (Å²) in [6, 6.07) is -0.129. The zero-order valence-electron chi connectivity index (χ0n) is 9.59. The number of piperazine rings is 1. The fraction of sp³-hybridized carbons (Fsp3) is 0.800. The van der Waals surface area contributed by atoms with Crippen LogP contribution >= 0.6 is 0 Å². The molecule has 92 valence electrons. The van der Waals surface area contributed by atoms with E-state index < -0.39 is 18.0 Å². The number of carboxylic acid groups (broad SMARTS) is 1. The van der Waals surface area contributed by atoms with E-state index in [4.69, 9.17) is 5.11 Å². The van der Waals surface area contributed by atoms with E-state index in [9.17, 15) is 14.7 Å². The molecule has 0 aromatic heterocycles. The average molecular weight is 230 g/mol. The predicted molar refractivity (Wildman–Crippen MR) is 56.9 cm³/mol. The van der Waals surface area contributed by atoms with E-state index in [-0.39, 0.29) is 6.04 Å². The number of aliphatic carboxylic acids is 1. The molecule has 0 spiro atoms. The summed E-state index contributed by atoms with van der Waals surface area (Å²) in [5, 5.41) is 17.9. The Balaban J connectivity index is 2.52. The number of carbonyl (C=O) groups is 2. The molecule has 2 atom stereocenters. The number of rotatable bonds is 2. The lowest BCUT2D eigenvalue weighted by atomic mass is 10.1. The average Bonchev–Trinajstić information content (AvgIpc) is 2.15. The molecule has 2 unspecified atom stereocenters. The molecule has 0 saturated carbocycles. The Morgan fingerprint density at radius 3 is 2.50 bits per heavy atom. The van der Waals surface area contributed by atoms with E-state index in [1.807, 2.05) is 11.8 Å². The maximum absolute atomic E-state index is 11.3. The summed E-state index contributed by atoms with van der Waals surface area (Å²) < 4.78 is 0. The van der Waals surface area contributed by atoms with Gasteiger partial charge in [-0.3, -0.25) is 9.69 Å². The second-order valence-corrected chi connectivity index (χ2v) is 4.26. The number of carbonyl (C=O) groups excluding carboxylic acids is 1. The molecular formula is C10H18N2O4. The van der Waals surface area contributed by atoms with Crippen molar-refractivity contribution in [1.29, 1.82) is 0 Å². The van der Waals surface area contributed by atoms with Gasteiger partial charge < -0.3 is 15.1 Å². The van der Waals surface area contributed by atoms with Crippen LogP contribution in [0.1, 0.15) is 13.8 Å². The first-order valence-electron chi connectivity index (χ1n) is 5.36. The summed E-state index contributed by atoms with van der Waals surface area (Å²) in [7, 11) is 0. The topological polar surface area (TPSA) is 81.1 Å². The zero-order chi connectivity index (χ0) is 12.3. The second kappa shape index (κ2) is 5.27. The van der Waals surface area contributed by atoms with Crippen molar-refractivity contribution in [3.8, 4) is 0 Å². The SMILES string of the molecule is CC(O)CN1CCN(C(=O)C(=O)O)C(C)C1. The Morgan fingerprint density at radius 1 is 1.44 bits per heavy atom. The molecule has 0 aliphatic carbocycles. The van der Waals surface area contributed by atoms with E-state index in [2.05, 4.69) is 0 Å². The lowest BCUT2D eigenvalue weighted by molar-refractivity contribution is -0.158. The Morgan fingerprint density at radius 2 is 2.06 bits per heavy atom. The molecule has 1 amide bonds. The molecule has 6 nitrogen and oxygen atoms in total. The smallest absolute Gasteiger partial charge is 0.394 e. The van der Waals surface area contributed by atoms with Gasteiger partial charge >= 0.3 is 11.9 Å². The highest BCUT2D eigenvalue weighted by atomic mass is 16.4. The van der Waals surface area contributed by atoms with Gasteiger partial charge in [-0.15, -0.1) is 0 Å². The van der Waals surface area contributed by atoms with Crippen LogP contribution in [-0.4, -0.2) is 70.2 Å². The van der Waals surface area contributed by atoms with Gasteiger partial charge in [-0.25, -0.2) is 4.79 Å². The quantitative estimate of drug-likeness (QED) is 0.594. The summed E-state index contributed by atoms with van der Waals surface area (Å²) in [6.07, 6.45) is -0.408. The number of amides is 1. The van der Waals surface area contributed by atoms with Crippen molar-refractivity contribution < 1.29 is 19.8 Å². The minimum atomic E-state index is -1.41. The number of aliphatic hydroxyl groups is 1. The normalized spacial score (nSPS) is 24.2. The first-order valence-corrected chi connectivity index (χ1v) is 5.36. The molecule has 16 heavy (non-hydrogen) atoms. The van der Waals surface area contributed by atoms with Gasteiger partial charge in [0.25, 0.3) is 0 Å². The summed E-state index contributed by atoms with van der Waals surface area (Å²) in [4.78, 5) is 25.2. The van der Waals surface area contributed by atoms with E-state index in [1.165, 1.54) is 4.90 Å². The molecule has 0 aromatic carbocycles.